The maximum Gasteiger partial charge on any atom is 0.152 e. The van der Waals surface area contributed by atoms with E-state index < -0.39 is 0 Å². The molecule has 1 aromatic heterocycles. The lowest BCUT2D eigenvalue weighted by atomic mass is 9.70. The van der Waals surface area contributed by atoms with Crippen molar-refractivity contribution < 1.29 is 0 Å². The van der Waals surface area contributed by atoms with Crippen LogP contribution in [0.15, 0.2) is 0 Å². The molecule has 1 saturated carbocycles. The largest absolute Gasteiger partial charge is 0.324 e. The summed E-state index contributed by atoms with van der Waals surface area (Å²) in [5, 5.41) is 11.5. The Morgan fingerprint density at radius 1 is 1.56 bits per heavy atom. The Bertz CT molecular complexity index is 388. The van der Waals surface area contributed by atoms with Crippen molar-refractivity contribution in [1.29, 1.82) is 0 Å². The Morgan fingerprint density at radius 2 is 2.44 bits per heavy atom. The molecule has 1 aliphatic carbocycles. The van der Waals surface area contributed by atoms with Crippen LogP contribution in [-0.4, -0.2) is 50.3 Å². The Labute approximate surface area is 94.8 Å². The van der Waals surface area contributed by atoms with Crippen molar-refractivity contribution in [2.75, 3.05) is 19.6 Å². The predicted octanol–water partition coefficient (Wildman–Crippen LogP) is -0.824. The molecule has 1 aromatic rings. The minimum absolute atomic E-state index is 0.123. The summed E-state index contributed by atoms with van der Waals surface area (Å²) in [6.07, 6.45) is 3.41. The van der Waals surface area contributed by atoms with Crippen LogP contribution >= 0.6 is 0 Å². The SMILES string of the molecule is Cn1nnnc1CCN1C[C@@H]2CC[C@]2(N)C1. The summed E-state index contributed by atoms with van der Waals surface area (Å²) < 4.78 is 1.74. The van der Waals surface area contributed by atoms with Gasteiger partial charge in [-0.25, -0.2) is 4.68 Å². The van der Waals surface area contributed by atoms with Crippen LogP contribution in [0.5, 0.6) is 0 Å². The van der Waals surface area contributed by atoms with Crippen molar-refractivity contribution in [3.8, 4) is 0 Å². The molecule has 2 aliphatic rings. The molecule has 2 heterocycles. The van der Waals surface area contributed by atoms with Gasteiger partial charge in [0.2, 0.25) is 0 Å². The second kappa shape index (κ2) is 3.49. The monoisotopic (exact) mass is 222 g/mol. The van der Waals surface area contributed by atoms with Crippen LogP contribution in [-0.2, 0) is 13.5 Å². The predicted molar refractivity (Wildman–Crippen MR) is 58.6 cm³/mol. The molecule has 0 amide bonds. The van der Waals surface area contributed by atoms with Crippen molar-refractivity contribution in [2.24, 2.45) is 18.7 Å². The molecule has 0 unspecified atom stereocenters. The molecule has 0 bridgehead atoms. The summed E-state index contributed by atoms with van der Waals surface area (Å²) in [4.78, 5) is 2.45. The highest BCUT2D eigenvalue weighted by Gasteiger charge is 2.49. The van der Waals surface area contributed by atoms with E-state index in [1.165, 1.54) is 12.8 Å². The van der Waals surface area contributed by atoms with Crippen LogP contribution in [0.2, 0.25) is 0 Å². The first kappa shape index (κ1) is 10.2. The Morgan fingerprint density at radius 3 is 2.94 bits per heavy atom. The first-order valence-corrected chi connectivity index (χ1v) is 5.90. The number of nitrogens with zero attached hydrogens (tertiary/aromatic N) is 5. The fourth-order valence-corrected chi connectivity index (χ4v) is 2.88. The quantitative estimate of drug-likeness (QED) is 0.723. The number of aromatic nitrogens is 4. The molecule has 2 fully saturated rings. The maximum atomic E-state index is 6.29. The van der Waals surface area contributed by atoms with Gasteiger partial charge in [-0.3, -0.25) is 0 Å². The molecule has 0 spiro atoms. The molecule has 2 N–H and O–H groups in total. The fourth-order valence-electron chi connectivity index (χ4n) is 2.88. The number of hydrogen-bond acceptors (Lipinski definition) is 5. The summed E-state index contributed by atoms with van der Waals surface area (Å²) in [5.74, 6) is 1.68. The third-order valence-corrected chi connectivity index (χ3v) is 4.13. The van der Waals surface area contributed by atoms with Gasteiger partial charge < -0.3 is 10.6 Å². The van der Waals surface area contributed by atoms with Gasteiger partial charge in [0.1, 0.15) is 0 Å². The highest BCUT2D eigenvalue weighted by Crippen LogP contribution is 2.42. The Hall–Kier alpha value is -1.01. The number of likely N-dealkylation sites (tertiary alicyclic amines) is 1. The average molecular weight is 222 g/mol. The van der Waals surface area contributed by atoms with Crippen molar-refractivity contribution in [3.05, 3.63) is 5.82 Å². The Balaban J connectivity index is 1.55. The van der Waals surface area contributed by atoms with Crippen LogP contribution in [0.3, 0.4) is 0 Å². The molecule has 88 valence electrons. The molecule has 3 rings (SSSR count). The van der Waals surface area contributed by atoms with E-state index >= 15 is 0 Å². The van der Waals surface area contributed by atoms with E-state index in [1.807, 2.05) is 7.05 Å². The zero-order valence-electron chi connectivity index (χ0n) is 9.63. The topological polar surface area (TPSA) is 72.9 Å². The summed E-state index contributed by atoms with van der Waals surface area (Å²) in [5.41, 5.74) is 6.41. The van der Waals surface area contributed by atoms with Gasteiger partial charge in [0.25, 0.3) is 0 Å². The average Bonchev–Trinajstić information content (AvgIpc) is 2.73. The number of rotatable bonds is 3. The smallest absolute Gasteiger partial charge is 0.152 e. The van der Waals surface area contributed by atoms with Crippen LogP contribution < -0.4 is 5.73 Å². The van der Waals surface area contributed by atoms with Gasteiger partial charge in [-0.2, -0.15) is 0 Å². The number of nitrogens with two attached hydrogens (primary N) is 1. The van der Waals surface area contributed by atoms with Crippen LogP contribution in [0.1, 0.15) is 18.7 Å². The van der Waals surface area contributed by atoms with Crippen LogP contribution in [0, 0.1) is 5.92 Å². The van der Waals surface area contributed by atoms with Gasteiger partial charge in [-0.15, -0.1) is 5.10 Å². The van der Waals surface area contributed by atoms with E-state index in [9.17, 15) is 0 Å². The highest BCUT2D eigenvalue weighted by molar-refractivity contribution is 5.08. The minimum atomic E-state index is 0.123. The molecule has 0 radical (unpaired) electrons. The van der Waals surface area contributed by atoms with E-state index in [0.717, 1.165) is 37.8 Å². The van der Waals surface area contributed by atoms with Crippen molar-refractivity contribution in [2.45, 2.75) is 24.8 Å². The summed E-state index contributed by atoms with van der Waals surface area (Å²) in [6, 6.07) is 0. The molecule has 1 saturated heterocycles. The maximum absolute atomic E-state index is 6.29. The zero-order valence-corrected chi connectivity index (χ0v) is 9.63. The molecular formula is C10H18N6. The second-order valence-corrected chi connectivity index (χ2v) is 5.17. The van der Waals surface area contributed by atoms with Crippen molar-refractivity contribution in [1.82, 2.24) is 25.1 Å². The van der Waals surface area contributed by atoms with E-state index in [-0.39, 0.29) is 5.54 Å². The third-order valence-electron chi connectivity index (χ3n) is 4.13. The summed E-state index contributed by atoms with van der Waals surface area (Å²) in [7, 11) is 1.88. The molecule has 16 heavy (non-hydrogen) atoms. The third kappa shape index (κ3) is 1.53. The molecule has 2 atom stereocenters. The van der Waals surface area contributed by atoms with Crippen LogP contribution in [0.4, 0.5) is 0 Å². The lowest BCUT2D eigenvalue weighted by Gasteiger charge is -2.40. The van der Waals surface area contributed by atoms with Crippen LogP contribution in [0.25, 0.3) is 0 Å². The van der Waals surface area contributed by atoms with E-state index in [4.69, 9.17) is 5.73 Å². The van der Waals surface area contributed by atoms with E-state index in [1.54, 1.807) is 4.68 Å². The van der Waals surface area contributed by atoms with Gasteiger partial charge in [-0.1, -0.05) is 0 Å². The summed E-state index contributed by atoms with van der Waals surface area (Å²) in [6.45, 7) is 3.22. The molecular weight excluding hydrogens is 204 g/mol. The van der Waals surface area contributed by atoms with Gasteiger partial charge in [0, 0.05) is 38.6 Å². The summed E-state index contributed by atoms with van der Waals surface area (Å²) >= 11 is 0. The van der Waals surface area contributed by atoms with E-state index in [2.05, 4.69) is 20.4 Å². The standard InChI is InChI=1S/C10H18N6/c1-15-9(12-13-14-15)3-5-16-6-8-2-4-10(8,11)7-16/h8H,2-7,11H2,1H3/t8-,10-/m0/s1. The molecule has 6 nitrogen and oxygen atoms in total. The molecule has 6 heteroatoms. The van der Waals surface area contributed by atoms with Gasteiger partial charge >= 0.3 is 0 Å². The van der Waals surface area contributed by atoms with Gasteiger partial charge in [0.15, 0.2) is 5.82 Å². The van der Waals surface area contributed by atoms with E-state index in [0.29, 0.717) is 0 Å². The minimum Gasteiger partial charge on any atom is -0.324 e. The number of hydrogen-bond donors (Lipinski definition) is 1. The van der Waals surface area contributed by atoms with Crippen molar-refractivity contribution >= 4 is 0 Å². The van der Waals surface area contributed by atoms with Gasteiger partial charge in [0.05, 0.1) is 0 Å². The van der Waals surface area contributed by atoms with Gasteiger partial charge in [-0.05, 0) is 29.2 Å². The van der Waals surface area contributed by atoms with Crippen molar-refractivity contribution in [3.63, 3.8) is 0 Å². The fraction of sp³-hybridized carbons (Fsp3) is 0.900. The zero-order chi connectivity index (χ0) is 11.2. The first-order chi connectivity index (χ1) is 7.67. The molecule has 0 aromatic carbocycles. The second-order valence-electron chi connectivity index (χ2n) is 5.17. The lowest BCUT2D eigenvalue weighted by molar-refractivity contribution is 0.188. The normalized spacial score (nSPS) is 33.8. The number of tetrazole rings is 1. The first-order valence-electron chi connectivity index (χ1n) is 5.90. The number of aryl methyl sites for hydroxylation is 1. The Kier molecular flexibility index (Phi) is 2.22. The molecule has 1 aliphatic heterocycles. The lowest BCUT2D eigenvalue weighted by Crippen LogP contribution is -2.54. The number of fused-ring (bicyclic) bond motifs is 1. The highest BCUT2D eigenvalue weighted by atomic mass is 15.5.